The van der Waals surface area contributed by atoms with E-state index in [0.717, 1.165) is 9.13 Å². The molecule has 0 amide bonds. The highest BCUT2D eigenvalue weighted by molar-refractivity contribution is 7.25. The Morgan fingerprint density at radius 3 is 1.67 bits per heavy atom. The van der Waals surface area contributed by atoms with Crippen LogP contribution in [0.25, 0.3) is 98.2 Å². The van der Waals surface area contributed by atoms with Gasteiger partial charge in [0.05, 0.1) is 59.1 Å². The van der Waals surface area contributed by atoms with Crippen molar-refractivity contribution in [2.24, 2.45) is 0 Å². The zero-order valence-electron chi connectivity index (χ0n) is 52.1. The minimum Gasteiger partial charge on any atom is -0.307 e. The van der Waals surface area contributed by atoms with Gasteiger partial charge in [-0.25, -0.2) is 4.98 Å². The lowest BCUT2D eigenvalue weighted by Crippen LogP contribution is -2.07. The number of thiophene rings is 1. The average Bonchev–Trinajstić information content (AvgIpc) is 4.31. The molecule has 0 bridgehead atoms. The van der Waals surface area contributed by atoms with Crippen LogP contribution in [0.5, 0.6) is 0 Å². The van der Waals surface area contributed by atoms with E-state index in [-0.39, 0.29) is 20.2 Å². The second-order valence-corrected chi connectivity index (χ2v) is 11.9. The Labute approximate surface area is 334 Å². The van der Waals surface area contributed by atoms with Crippen LogP contribution in [0.3, 0.4) is 0 Å². The molecule has 0 aliphatic heterocycles. The number of hydrogen-bond acceptors (Lipinski definition) is 4. The van der Waals surface area contributed by atoms with Crippen molar-refractivity contribution < 1.29 is 37.0 Å². The van der Waals surface area contributed by atoms with Crippen molar-refractivity contribution in [1.82, 2.24) is 24.1 Å². The van der Waals surface area contributed by atoms with Crippen molar-refractivity contribution in [3.8, 4) is 34.4 Å². The molecule has 11 rings (SSSR count). The lowest BCUT2D eigenvalue weighted by Gasteiger charge is -2.13. The maximum atomic E-state index is 9.65. The lowest BCUT2D eigenvalue weighted by atomic mass is 10.1. The summed E-state index contributed by atoms with van der Waals surface area (Å²) in [5.41, 5.74) is -4.61. The maximum absolute atomic E-state index is 9.65. The topological polar surface area (TPSA) is 48.5 Å². The molecule has 0 aliphatic rings. The molecule has 0 unspecified atom stereocenters. The Bertz CT molecular complexity index is 4660. The third-order valence-electron chi connectivity index (χ3n) is 8.11. The van der Waals surface area contributed by atoms with Crippen LogP contribution in [0.4, 0.5) is 0 Å². The summed E-state index contributed by atoms with van der Waals surface area (Å²) in [5, 5.41) is -2.61. The highest BCUT2D eigenvalue weighted by atomic mass is 32.1. The summed E-state index contributed by atoms with van der Waals surface area (Å²) in [4.78, 5) is 13.6. The van der Waals surface area contributed by atoms with Crippen LogP contribution < -0.4 is 0 Å². The summed E-state index contributed by atoms with van der Waals surface area (Å²) in [6, 6.07) is -22.6. The van der Waals surface area contributed by atoms with E-state index in [1.807, 2.05) is 0 Å². The van der Waals surface area contributed by atoms with Gasteiger partial charge in [-0.15, -0.1) is 11.3 Å². The SMILES string of the molecule is [2H]c1c([2H])c([2H])c(-c2nc(-c3c([2H])c([2H])c4c(sc5c([2H])c([2H])c([2H])c([2H])c54)c3[2H])nc(-n3c4c([2H])c([2H])c([2H])c([2H])c4c4c([2H])c([2H])c5c6c([2H])c([2H])c([2H])c([2H])c6n(-c6c([2H])c([2H])c([2H])c([2H])c6[2H])c5c43)n2)c([2H])c1[2H]. The molecular formula is C45H27N5S. The summed E-state index contributed by atoms with van der Waals surface area (Å²) >= 11 is 0.661. The van der Waals surface area contributed by atoms with Gasteiger partial charge in [0.15, 0.2) is 11.6 Å². The maximum Gasteiger partial charge on any atom is 0.238 e. The molecule has 11 aromatic rings. The summed E-state index contributed by atoms with van der Waals surface area (Å²) in [5.74, 6) is -2.52. The number of rotatable bonds is 4. The molecule has 4 aromatic heterocycles. The Hall–Kier alpha value is -6.63. The molecular weight excluding hydrogens is 643 g/mol. The first-order chi connectivity index (χ1) is 36.5. The zero-order chi connectivity index (χ0) is 57.0. The molecule has 0 aliphatic carbocycles. The monoisotopic (exact) mass is 696 g/mol. The van der Waals surface area contributed by atoms with E-state index in [0.29, 0.717) is 11.3 Å². The normalized spacial score (nSPS) is 19.3. The molecule has 0 N–H and O–H groups in total. The Morgan fingerprint density at radius 2 is 0.941 bits per heavy atom. The van der Waals surface area contributed by atoms with Crippen LogP contribution in [-0.2, 0) is 0 Å². The average molecular weight is 697 g/mol. The first kappa shape index (κ1) is 12.6. The quantitative estimate of drug-likeness (QED) is 0.184. The van der Waals surface area contributed by atoms with E-state index in [9.17, 15) is 15.1 Å². The van der Waals surface area contributed by atoms with Gasteiger partial charge in [-0.1, -0.05) is 127 Å². The van der Waals surface area contributed by atoms with Gasteiger partial charge in [-0.2, -0.15) is 9.97 Å². The van der Waals surface area contributed by atoms with Gasteiger partial charge in [-0.3, -0.25) is 4.57 Å². The van der Waals surface area contributed by atoms with E-state index in [2.05, 4.69) is 15.0 Å². The number of hydrogen-bond donors (Lipinski definition) is 0. The summed E-state index contributed by atoms with van der Waals surface area (Å²) in [6.07, 6.45) is 0. The van der Waals surface area contributed by atoms with Crippen LogP contribution in [0.2, 0.25) is 0 Å². The van der Waals surface area contributed by atoms with E-state index >= 15 is 0 Å². The molecule has 7 aromatic carbocycles. The van der Waals surface area contributed by atoms with Crippen molar-refractivity contribution in [3.05, 3.63) is 163 Å². The standard InChI is InChI=1S/C45H27N5S/c1-3-13-28(14-4-1)43-46-44(29-23-24-34-33-19-9-12-22-39(33)51-40(34)27-29)48-45(47-43)50-38-21-11-8-18-32(38)36-26-25-35-31-17-7-10-20-37(31)49(41(35)42(36)50)30-15-5-2-6-16-30/h1-27H/i1D,2D,3D,4D,5D,6D,7D,8D,9D,10D,11D,12D,13D,14D,15D,16D,17D,18D,19D,20D,21D,22D,23D,24D,25D,26D,27D. The Morgan fingerprint density at radius 1 is 0.412 bits per heavy atom. The molecule has 0 saturated heterocycles. The van der Waals surface area contributed by atoms with Crippen LogP contribution in [0, 0.1) is 0 Å². The highest BCUT2D eigenvalue weighted by Crippen LogP contribution is 2.42. The van der Waals surface area contributed by atoms with E-state index < -0.39 is 241 Å². The third-order valence-corrected chi connectivity index (χ3v) is 9.13. The Balaban J connectivity index is 1.46. The van der Waals surface area contributed by atoms with Gasteiger partial charge >= 0.3 is 0 Å². The summed E-state index contributed by atoms with van der Waals surface area (Å²) in [6.45, 7) is 0. The minimum absolute atomic E-state index is 0.0923. The molecule has 238 valence electrons. The second kappa shape index (κ2) is 10.9. The molecule has 6 heteroatoms. The molecule has 0 saturated carbocycles. The van der Waals surface area contributed by atoms with Gasteiger partial charge in [0.1, 0.15) is 0 Å². The first-order valence-corrected chi connectivity index (χ1v) is 15.7. The van der Waals surface area contributed by atoms with Crippen LogP contribution in [0.1, 0.15) is 37.0 Å². The van der Waals surface area contributed by atoms with Crippen molar-refractivity contribution in [2.45, 2.75) is 0 Å². The summed E-state index contributed by atoms with van der Waals surface area (Å²) in [7, 11) is 0. The molecule has 0 atom stereocenters. The predicted octanol–water partition coefficient (Wildman–Crippen LogP) is 11.8. The second-order valence-electron chi connectivity index (χ2n) is 10.8. The zero-order valence-corrected chi connectivity index (χ0v) is 26.0. The Kier molecular flexibility index (Phi) is 2.70. The first-order valence-electron chi connectivity index (χ1n) is 28.3. The minimum atomic E-state index is -0.957. The largest absolute Gasteiger partial charge is 0.307 e. The van der Waals surface area contributed by atoms with Crippen molar-refractivity contribution in [1.29, 1.82) is 0 Å². The fourth-order valence-electron chi connectivity index (χ4n) is 6.05. The smallest absolute Gasteiger partial charge is 0.238 e. The highest BCUT2D eigenvalue weighted by Gasteiger charge is 2.23. The number of aromatic nitrogens is 5. The fourth-order valence-corrected chi connectivity index (χ4v) is 7.02. The number of para-hydroxylation sites is 3. The molecule has 4 heterocycles. The number of nitrogens with zero attached hydrogens (tertiary/aromatic N) is 5. The van der Waals surface area contributed by atoms with E-state index in [4.69, 9.17) is 21.9 Å². The van der Waals surface area contributed by atoms with E-state index in [1.165, 1.54) is 0 Å². The lowest BCUT2D eigenvalue weighted by molar-refractivity contribution is 0.953. The molecule has 0 radical (unpaired) electrons. The number of benzene rings is 7. The van der Waals surface area contributed by atoms with Crippen molar-refractivity contribution in [3.63, 3.8) is 0 Å². The molecule has 5 nitrogen and oxygen atoms in total. The van der Waals surface area contributed by atoms with Crippen molar-refractivity contribution >= 4 is 75.1 Å². The van der Waals surface area contributed by atoms with Crippen LogP contribution in [-0.4, -0.2) is 24.1 Å². The van der Waals surface area contributed by atoms with Gasteiger partial charge < -0.3 is 4.57 Å². The van der Waals surface area contributed by atoms with Gasteiger partial charge in [0.25, 0.3) is 0 Å². The van der Waals surface area contributed by atoms with Gasteiger partial charge in [-0.05, 0) is 36.3 Å². The third kappa shape index (κ3) is 4.24. The fraction of sp³-hybridized carbons (Fsp3) is 0. The van der Waals surface area contributed by atoms with Gasteiger partial charge in [0, 0.05) is 58.5 Å². The molecule has 0 fully saturated rings. The number of fused-ring (bicyclic) bond motifs is 10. The van der Waals surface area contributed by atoms with Crippen LogP contribution in [0.15, 0.2) is 163 Å². The van der Waals surface area contributed by atoms with Crippen molar-refractivity contribution in [2.75, 3.05) is 0 Å². The molecule has 0 spiro atoms. The summed E-state index contributed by atoms with van der Waals surface area (Å²) < 4.78 is 243. The van der Waals surface area contributed by atoms with Gasteiger partial charge in [0.2, 0.25) is 5.95 Å². The molecule has 51 heavy (non-hydrogen) atoms. The predicted molar refractivity (Wildman–Crippen MR) is 212 cm³/mol. The van der Waals surface area contributed by atoms with E-state index in [1.54, 1.807) is 0 Å². The van der Waals surface area contributed by atoms with Crippen LogP contribution >= 0.6 is 11.3 Å².